The molecule has 1 fully saturated rings. The van der Waals surface area contributed by atoms with Crippen molar-refractivity contribution in [3.05, 3.63) is 29.8 Å². The van der Waals surface area contributed by atoms with Crippen LogP contribution in [0.15, 0.2) is 24.3 Å². The van der Waals surface area contributed by atoms with E-state index in [1.807, 2.05) is 0 Å². The van der Waals surface area contributed by atoms with Crippen molar-refractivity contribution in [1.29, 1.82) is 0 Å². The van der Waals surface area contributed by atoms with E-state index in [-0.39, 0.29) is 13.1 Å². The van der Waals surface area contributed by atoms with Gasteiger partial charge in [0.15, 0.2) is 0 Å². The predicted octanol–water partition coefficient (Wildman–Crippen LogP) is 2.34. The van der Waals surface area contributed by atoms with Crippen molar-refractivity contribution >= 4 is 11.7 Å². The average molecular weight is 246 g/mol. The van der Waals surface area contributed by atoms with Crippen LogP contribution in [0.2, 0.25) is 0 Å². The van der Waals surface area contributed by atoms with Crippen molar-refractivity contribution in [1.82, 2.24) is 5.06 Å². The number of nitrogens with zero attached hydrogens (tertiary/aromatic N) is 2. The second-order valence-corrected chi connectivity index (χ2v) is 3.60. The number of rotatable bonds is 1. The van der Waals surface area contributed by atoms with Crippen LogP contribution in [0.1, 0.15) is 5.56 Å². The molecule has 0 aliphatic carbocycles. The maximum atomic E-state index is 12.3. The molecule has 0 bridgehead atoms. The van der Waals surface area contributed by atoms with Gasteiger partial charge in [0.1, 0.15) is 0 Å². The van der Waals surface area contributed by atoms with E-state index in [1.165, 1.54) is 17.0 Å². The highest BCUT2D eigenvalue weighted by Crippen LogP contribution is 2.31. The van der Waals surface area contributed by atoms with Crippen LogP contribution in [0.25, 0.3) is 0 Å². The highest BCUT2D eigenvalue weighted by atomic mass is 19.4. The van der Waals surface area contributed by atoms with Crippen LogP contribution in [0.3, 0.4) is 0 Å². The number of hydrogen-bond donors (Lipinski definition) is 1. The quantitative estimate of drug-likeness (QED) is 0.773. The Morgan fingerprint density at radius 1 is 1.12 bits per heavy atom. The Labute approximate surface area is 94.8 Å². The first-order valence-corrected chi connectivity index (χ1v) is 4.85. The summed E-state index contributed by atoms with van der Waals surface area (Å²) in [5, 5.41) is 9.60. The van der Waals surface area contributed by atoms with Gasteiger partial charge in [-0.3, -0.25) is 10.1 Å². The molecule has 1 aliphatic rings. The molecule has 4 nitrogen and oxygen atoms in total. The first-order chi connectivity index (χ1) is 7.89. The monoisotopic (exact) mass is 246 g/mol. The summed E-state index contributed by atoms with van der Waals surface area (Å²) in [6.07, 6.45) is -4.39. The summed E-state index contributed by atoms with van der Waals surface area (Å²) >= 11 is 0. The number of hydroxylamine groups is 2. The molecule has 1 aromatic rings. The van der Waals surface area contributed by atoms with E-state index >= 15 is 0 Å². The molecular weight excluding hydrogens is 237 g/mol. The van der Waals surface area contributed by atoms with Gasteiger partial charge >= 0.3 is 12.2 Å². The van der Waals surface area contributed by atoms with Crippen LogP contribution in [-0.2, 0) is 6.18 Å². The third-order valence-corrected chi connectivity index (χ3v) is 2.49. The van der Waals surface area contributed by atoms with Gasteiger partial charge in [-0.15, -0.1) is 0 Å². The van der Waals surface area contributed by atoms with Crippen molar-refractivity contribution in [3.63, 3.8) is 0 Å². The van der Waals surface area contributed by atoms with Gasteiger partial charge in [-0.25, -0.2) is 9.86 Å². The first-order valence-electron chi connectivity index (χ1n) is 4.85. The number of amides is 2. The number of halogens is 3. The summed E-state index contributed by atoms with van der Waals surface area (Å²) < 4.78 is 36.9. The Bertz CT molecular complexity index is 430. The lowest BCUT2D eigenvalue weighted by Crippen LogP contribution is -2.29. The molecule has 7 heteroatoms. The van der Waals surface area contributed by atoms with Gasteiger partial charge in [0.2, 0.25) is 0 Å². The van der Waals surface area contributed by atoms with E-state index in [0.29, 0.717) is 10.8 Å². The zero-order valence-corrected chi connectivity index (χ0v) is 8.61. The summed E-state index contributed by atoms with van der Waals surface area (Å²) in [5.74, 6) is 0. The number of carbonyl (C=O) groups is 1. The molecule has 1 aromatic carbocycles. The minimum absolute atomic E-state index is 0.139. The molecule has 1 saturated heterocycles. The minimum Gasteiger partial charge on any atom is -0.291 e. The fraction of sp³-hybridized carbons (Fsp3) is 0.300. The van der Waals surface area contributed by atoms with Gasteiger partial charge in [-0.05, 0) is 24.3 Å². The number of anilines is 1. The lowest BCUT2D eigenvalue weighted by atomic mass is 10.2. The summed E-state index contributed by atoms with van der Waals surface area (Å²) in [4.78, 5) is 12.6. The van der Waals surface area contributed by atoms with E-state index in [9.17, 15) is 18.0 Å². The first kappa shape index (κ1) is 11.7. The van der Waals surface area contributed by atoms with Crippen LogP contribution in [0.4, 0.5) is 23.7 Å². The SMILES string of the molecule is O=C1N(O)CCN1c1ccc(C(F)(F)F)cc1. The third-order valence-electron chi connectivity index (χ3n) is 2.49. The molecule has 0 radical (unpaired) electrons. The lowest BCUT2D eigenvalue weighted by molar-refractivity contribution is -0.137. The number of alkyl halides is 3. The van der Waals surface area contributed by atoms with E-state index in [2.05, 4.69) is 0 Å². The van der Waals surface area contributed by atoms with Crippen molar-refractivity contribution in [2.45, 2.75) is 6.18 Å². The molecule has 0 unspecified atom stereocenters. The summed E-state index contributed by atoms with van der Waals surface area (Å²) in [5.41, 5.74) is -0.437. The Kier molecular flexibility index (Phi) is 2.70. The second-order valence-electron chi connectivity index (χ2n) is 3.60. The lowest BCUT2D eigenvalue weighted by Gasteiger charge is -2.16. The smallest absolute Gasteiger partial charge is 0.291 e. The topological polar surface area (TPSA) is 43.8 Å². The van der Waals surface area contributed by atoms with Gasteiger partial charge in [-0.1, -0.05) is 0 Å². The molecule has 0 aromatic heterocycles. The van der Waals surface area contributed by atoms with Gasteiger partial charge in [0, 0.05) is 12.2 Å². The number of urea groups is 1. The fourth-order valence-corrected chi connectivity index (χ4v) is 1.60. The molecule has 17 heavy (non-hydrogen) atoms. The Balaban J connectivity index is 2.22. The normalized spacial score (nSPS) is 16.8. The molecular formula is C10H9F3N2O2. The molecule has 0 atom stereocenters. The Morgan fingerprint density at radius 2 is 1.71 bits per heavy atom. The summed E-state index contributed by atoms with van der Waals surface area (Å²) in [6.45, 7) is 0.389. The zero-order chi connectivity index (χ0) is 12.6. The maximum absolute atomic E-state index is 12.3. The Hall–Kier alpha value is -1.76. The molecule has 0 saturated carbocycles. The van der Waals surface area contributed by atoms with Crippen LogP contribution in [0.5, 0.6) is 0 Å². The largest absolute Gasteiger partial charge is 0.416 e. The van der Waals surface area contributed by atoms with Crippen LogP contribution >= 0.6 is 0 Å². The standard InChI is InChI=1S/C10H9F3N2O2/c11-10(12,13)7-1-3-8(4-2-7)14-5-6-15(17)9(14)16/h1-4,17H,5-6H2. The summed E-state index contributed by atoms with van der Waals surface area (Å²) in [6, 6.07) is 3.59. The van der Waals surface area contributed by atoms with E-state index in [0.717, 1.165) is 12.1 Å². The summed E-state index contributed by atoms with van der Waals surface area (Å²) in [7, 11) is 0. The number of benzene rings is 1. The van der Waals surface area contributed by atoms with E-state index in [1.54, 1.807) is 0 Å². The van der Waals surface area contributed by atoms with Crippen LogP contribution in [-0.4, -0.2) is 29.4 Å². The highest BCUT2D eigenvalue weighted by Gasteiger charge is 2.32. The number of hydrogen-bond acceptors (Lipinski definition) is 2. The predicted molar refractivity (Wildman–Crippen MR) is 52.7 cm³/mol. The molecule has 2 amide bonds. The van der Waals surface area contributed by atoms with E-state index < -0.39 is 17.8 Å². The Morgan fingerprint density at radius 3 is 2.12 bits per heavy atom. The molecule has 2 rings (SSSR count). The fourth-order valence-electron chi connectivity index (χ4n) is 1.60. The molecule has 1 heterocycles. The molecule has 92 valence electrons. The average Bonchev–Trinajstić information content (AvgIpc) is 2.59. The van der Waals surface area contributed by atoms with Crippen molar-refractivity contribution < 1.29 is 23.2 Å². The van der Waals surface area contributed by atoms with Crippen molar-refractivity contribution in [3.8, 4) is 0 Å². The van der Waals surface area contributed by atoms with Gasteiger partial charge in [0.25, 0.3) is 0 Å². The number of carbonyl (C=O) groups excluding carboxylic acids is 1. The van der Waals surface area contributed by atoms with Gasteiger partial charge in [0.05, 0.1) is 12.1 Å². The third kappa shape index (κ3) is 2.19. The molecule has 1 N–H and O–H groups in total. The van der Waals surface area contributed by atoms with Crippen molar-refractivity contribution in [2.75, 3.05) is 18.0 Å². The second kappa shape index (κ2) is 3.92. The van der Waals surface area contributed by atoms with Crippen LogP contribution in [0, 0.1) is 0 Å². The van der Waals surface area contributed by atoms with Gasteiger partial charge < -0.3 is 0 Å². The maximum Gasteiger partial charge on any atom is 0.416 e. The van der Waals surface area contributed by atoms with Crippen molar-refractivity contribution in [2.24, 2.45) is 0 Å². The molecule has 0 spiro atoms. The minimum atomic E-state index is -4.39. The van der Waals surface area contributed by atoms with Gasteiger partial charge in [-0.2, -0.15) is 13.2 Å². The van der Waals surface area contributed by atoms with E-state index in [4.69, 9.17) is 5.21 Å². The van der Waals surface area contributed by atoms with Crippen LogP contribution < -0.4 is 4.90 Å². The molecule has 1 aliphatic heterocycles. The highest BCUT2D eigenvalue weighted by molar-refractivity contribution is 5.93. The zero-order valence-electron chi connectivity index (χ0n) is 8.61.